The third-order valence-electron chi connectivity index (χ3n) is 10.2. The van der Waals surface area contributed by atoms with Gasteiger partial charge in [0, 0.05) is 64.3 Å². The maximum absolute atomic E-state index is 5.23. The molecule has 0 spiro atoms. The zero-order valence-corrected chi connectivity index (χ0v) is 29.7. The van der Waals surface area contributed by atoms with Crippen LogP contribution in [0.1, 0.15) is 0 Å². The van der Waals surface area contributed by atoms with Crippen molar-refractivity contribution in [2.45, 2.75) is 0 Å². The van der Waals surface area contributed by atoms with Crippen molar-refractivity contribution in [2.75, 3.05) is 0 Å². The third kappa shape index (κ3) is 4.92. The van der Waals surface area contributed by atoms with E-state index in [9.17, 15) is 0 Å². The zero-order valence-electron chi connectivity index (χ0n) is 28.9. The van der Waals surface area contributed by atoms with Gasteiger partial charge in [0.05, 0.1) is 22.2 Å². The van der Waals surface area contributed by atoms with E-state index in [1.165, 1.54) is 31.2 Å². The number of para-hydroxylation sites is 3. The first-order valence-corrected chi connectivity index (χ1v) is 18.8. The van der Waals surface area contributed by atoms with Crippen molar-refractivity contribution >= 4 is 64.2 Å². The monoisotopic (exact) mass is 707 g/mol. The molecule has 0 aliphatic rings. The first-order valence-electron chi connectivity index (χ1n) is 18.0. The average Bonchev–Trinajstić information content (AvgIpc) is 3.80. The van der Waals surface area contributed by atoms with Gasteiger partial charge in [-0.15, -0.1) is 11.3 Å². The lowest BCUT2D eigenvalue weighted by atomic mass is 10.0. The second kappa shape index (κ2) is 12.3. The lowest BCUT2D eigenvalue weighted by Gasteiger charge is -2.11. The summed E-state index contributed by atoms with van der Waals surface area (Å²) in [6, 6.07) is 61.3. The predicted octanol–water partition coefficient (Wildman–Crippen LogP) is 12.6. The SMILES string of the molecule is c1ccc(-c2nc(-c3ccc(-n4c5ccccc5c5ccccc54)cc3)nc(-c3ccc4sc5c6ccccc6nc(-c6ccccc6)c5c4c3)n2)cc1. The van der Waals surface area contributed by atoms with Crippen molar-refractivity contribution in [1.29, 1.82) is 0 Å². The quantitative estimate of drug-likeness (QED) is 0.179. The fourth-order valence-electron chi connectivity index (χ4n) is 7.72. The topological polar surface area (TPSA) is 56.5 Å². The van der Waals surface area contributed by atoms with Gasteiger partial charge >= 0.3 is 0 Å². The predicted molar refractivity (Wildman–Crippen MR) is 224 cm³/mol. The first-order chi connectivity index (χ1) is 26.8. The van der Waals surface area contributed by atoms with Crippen molar-refractivity contribution in [2.24, 2.45) is 0 Å². The van der Waals surface area contributed by atoms with Crippen LogP contribution < -0.4 is 0 Å². The van der Waals surface area contributed by atoms with E-state index in [0.29, 0.717) is 17.5 Å². The lowest BCUT2D eigenvalue weighted by Crippen LogP contribution is -2.00. The van der Waals surface area contributed by atoms with E-state index in [4.69, 9.17) is 19.9 Å². The molecule has 5 nitrogen and oxygen atoms in total. The van der Waals surface area contributed by atoms with Gasteiger partial charge in [0.2, 0.25) is 0 Å². The standard InChI is InChI=1S/C48H29N5S/c1-3-13-30(14-4-1)44-43-38-29-33(25-28-42(38)54-45(43)37-19-7-10-20-39(37)49-44)48-51-46(31-15-5-2-6-16-31)50-47(52-48)32-23-26-34(27-24-32)53-40-21-11-8-17-35(40)36-18-9-12-22-41(36)53/h1-29H. The number of rotatable bonds is 5. The molecule has 7 aromatic carbocycles. The van der Waals surface area contributed by atoms with Crippen LogP contribution in [0.2, 0.25) is 0 Å². The summed E-state index contributed by atoms with van der Waals surface area (Å²) in [6.45, 7) is 0. The van der Waals surface area contributed by atoms with Gasteiger partial charge in [-0.3, -0.25) is 0 Å². The Hall–Kier alpha value is -7.02. The smallest absolute Gasteiger partial charge is 0.164 e. The van der Waals surface area contributed by atoms with E-state index in [1.54, 1.807) is 0 Å². The van der Waals surface area contributed by atoms with Crippen molar-refractivity contribution < 1.29 is 0 Å². The Morgan fingerprint density at radius 2 is 0.907 bits per heavy atom. The summed E-state index contributed by atoms with van der Waals surface area (Å²) in [7, 11) is 0. The van der Waals surface area contributed by atoms with Gasteiger partial charge in [-0.1, -0.05) is 115 Å². The fourth-order valence-corrected chi connectivity index (χ4v) is 8.93. The molecule has 6 heteroatoms. The van der Waals surface area contributed by atoms with Gasteiger partial charge in [-0.05, 0) is 60.7 Å². The maximum atomic E-state index is 5.23. The third-order valence-corrected chi connectivity index (χ3v) is 11.4. The zero-order chi connectivity index (χ0) is 35.6. The highest BCUT2D eigenvalue weighted by molar-refractivity contribution is 7.26. The molecule has 54 heavy (non-hydrogen) atoms. The number of hydrogen-bond donors (Lipinski definition) is 0. The van der Waals surface area contributed by atoms with Crippen LogP contribution >= 0.6 is 11.3 Å². The molecule has 4 aromatic heterocycles. The number of pyridine rings is 1. The van der Waals surface area contributed by atoms with E-state index in [2.05, 4.69) is 144 Å². The van der Waals surface area contributed by atoms with E-state index in [-0.39, 0.29) is 0 Å². The molecule has 0 saturated heterocycles. The van der Waals surface area contributed by atoms with Crippen LogP contribution in [0, 0.1) is 0 Å². The molecule has 0 atom stereocenters. The first kappa shape index (κ1) is 30.6. The molecule has 0 fully saturated rings. The van der Waals surface area contributed by atoms with Crippen LogP contribution in [-0.2, 0) is 0 Å². The number of aromatic nitrogens is 5. The van der Waals surface area contributed by atoms with Gasteiger partial charge < -0.3 is 4.57 Å². The number of benzene rings is 7. The number of hydrogen-bond acceptors (Lipinski definition) is 5. The Morgan fingerprint density at radius 3 is 1.57 bits per heavy atom. The average molecular weight is 708 g/mol. The molecule has 4 heterocycles. The van der Waals surface area contributed by atoms with Crippen LogP contribution in [-0.4, -0.2) is 24.5 Å². The molecule has 11 aromatic rings. The van der Waals surface area contributed by atoms with Crippen LogP contribution in [0.15, 0.2) is 176 Å². The van der Waals surface area contributed by atoms with Gasteiger partial charge in [0.15, 0.2) is 17.5 Å². The van der Waals surface area contributed by atoms with Crippen molar-refractivity contribution in [3.8, 4) is 51.1 Å². The summed E-state index contributed by atoms with van der Waals surface area (Å²) in [5.41, 5.74) is 9.29. The maximum Gasteiger partial charge on any atom is 0.164 e. The summed E-state index contributed by atoms with van der Waals surface area (Å²) < 4.78 is 4.75. The van der Waals surface area contributed by atoms with Crippen molar-refractivity contribution in [3.05, 3.63) is 176 Å². The molecule has 11 rings (SSSR count). The minimum atomic E-state index is 0.625. The molecular formula is C48H29N5S. The number of thiophene rings is 1. The second-order valence-corrected chi connectivity index (χ2v) is 14.5. The molecule has 0 bridgehead atoms. The molecule has 0 aliphatic carbocycles. The fraction of sp³-hybridized carbons (Fsp3) is 0. The number of fused-ring (bicyclic) bond motifs is 8. The van der Waals surface area contributed by atoms with E-state index in [0.717, 1.165) is 55.3 Å². The lowest BCUT2D eigenvalue weighted by molar-refractivity contribution is 1.07. The minimum absolute atomic E-state index is 0.625. The highest BCUT2D eigenvalue weighted by Crippen LogP contribution is 2.44. The van der Waals surface area contributed by atoms with Crippen molar-refractivity contribution in [3.63, 3.8) is 0 Å². The molecule has 0 amide bonds. The molecule has 0 unspecified atom stereocenters. The number of nitrogens with zero attached hydrogens (tertiary/aromatic N) is 5. The molecule has 0 radical (unpaired) electrons. The summed E-state index contributed by atoms with van der Waals surface area (Å²) in [5.74, 6) is 1.89. The molecular weight excluding hydrogens is 679 g/mol. The van der Waals surface area contributed by atoms with Crippen LogP contribution in [0.25, 0.3) is 104 Å². The molecule has 0 saturated carbocycles. The summed E-state index contributed by atoms with van der Waals surface area (Å²) in [6.07, 6.45) is 0. The Morgan fingerprint density at radius 1 is 0.389 bits per heavy atom. The highest BCUT2D eigenvalue weighted by Gasteiger charge is 2.19. The van der Waals surface area contributed by atoms with Crippen LogP contribution in [0.5, 0.6) is 0 Å². The summed E-state index contributed by atoms with van der Waals surface area (Å²) in [5, 5.41) is 5.93. The van der Waals surface area contributed by atoms with Gasteiger partial charge in [0.25, 0.3) is 0 Å². The minimum Gasteiger partial charge on any atom is -0.309 e. The Labute approximate surface area is 314 Å². The van der Waals surface area contributed by atoms with E-state index < -0.39 is 0 Å². The largest absolute Gasteiger partial charge is 0.309 e. The normalized spacial score (nSPS) is 11.7. The van der Waals surface area contributed by atoms with Crippen LogP contribution in [0.3, 0.4) is 0 Å². The highest BCUT2D eigenvalue weighted by atomic mass is 32.1. The second-order valence-electron chi connectivity index (χ2n) is 13.4. The van der Waals surface area contributed by atoms with Crippen molar-refractivity contribution in [1.82, 2.24) is 24.5 Å². The summed E-state index contributed by atoms with van der Waals surface area (Å²) >= 11 is 1.81. The molecule has 252 valence electrons. The Balaban J connectivity index is 1.09. The Bertz CT molecular complexity index is 3150. The molecule has 0 N–H and O–H groups in total. The Kier molecular flexibility index (Phi) is 6.97. The van der Waals surface area contributed by atoms with Gasteiger partial charge in [0.1, 0.15) is 0 Å². The summed E-state index contributed by atoms with van der Waals surface area (Å²) in [4.78, 5) is 20.5. The van der Waals surface area contributed by atoms with Gasteiger partial charge in [-0.25, -0.2) is 19.9 Å². The van der Waals surface area contributed by atoms with Crippen LogP contribution in [0.4, 0.5) is 0 Å². The van der Waals surface area contributed by atoms with E-state index in [1.807, 2.05) is 47.7 Å². The van der Waals surface area contributed by atoms with E-state index >= 15 is 0 Å². The molecule has 0 aliphatic heterocycles. The van der Waals surface area contributed by atoms with Gasteiger partial charge in [-0.2, -0.15) is 0 Å².